The van der Waals surface area contributed by atoms with Crippen molar-refractivity contribution in [2.45, 2.75) is 58.2 Å². The van der Waals surface area contributed by atoms with Crippen LogP contribution in [0, 0.1) is 0 Å². The summed E-state index contributed by atoms with van der Waals surface area (Å²) < 4.78 is 4.92. The monoisotopic (exact) mass is 299 g/mol. The molecule has 0 radical (unpaired) electrons. The molecule has 1 saturated heterocycles. The van der Waals surface area contributed by atoms with E-state index >= 15 is 0 Å². The zero-order valence-electron chi connectivity index (χ0n) is 14.4. The third kappa shape index (κ3) is 6.32. The van der Waals surface area contributed by atoms with Gasteiger partial charge >= 0.3 is 5.97 Å². The van der Waals surface area contributed by atoms with E-state index in [1.165, 1.54) is 13.5 Å². The second-order valence-corrected chi connectivity index (χ2v) is 6.40. The van der Waals surface area contributed by atoms with Crippen LogP contribution >= 0.6 is 0 Å². The quantitative estimate of drug-likeness (QED) is 0.719. The third-order valence-electron chi connectivity index (χ3n) is 4.22. The molecule has 1 aliphatic heterocycles. The number of hydrogen-bond donors (Lipinski definition) is 1. The van der Waals surface area contributed by atoms with Gasteiger partial charge in [-0.2, -0.15) is 0 Å². The zero-order chi connectivity index (χ0) is 15.8. The summed E-state index contributed by atoms with van der Waals surface area (Å²) in [7, 11) is 3.66. The first kappa shape index (κ1) is 18.4. The highest BCUT2D eigenvalue weighted by Gasteiger charge is 2.25. The van der Waals surface area contributed by atoms with Crippen molar-refractivity contribution in [3.63, 3.8) is 0 Å². The van der Waals surface area contributed by atoms with Crippen LogP contribution in [0.5, 0.6) is 0 Å². The van der Waals surface area contributed by atoms with Gasteiger partial charge in [-0.25, -0.2) is 0 Å². The summed E-state index contributed by atoms with van der Waals surface area (Å²) in [5.41, 5.74) is 0. The molecule has 21 heavy (non-hydrogen) atoms. The molecule has 5 heteroatoms. The summed E-state index contributed by atoms with van der Waals surface area (Å²) >= 11 is 0. The van der Waals surface area contributed by atoms with Gasteiger partial charge in [-0.3, -0.25) is 9.69 Å². The smallest absolute Gasteiger partial charge is 0.322 e. The number of methoxy groups -OCH3 is 1. The fourth-order valence-corrected chi connectivity index (χ4v) is 3.08. The molecule has 2 unspecified atom stereocenters. The average Bonchev–Trinajstić information content (AvgIpc) is 2.63. The summed E-state index contributed by atoms with van der Waals surface area (Å²) in [6.45, 7) is 10.7. The van der Waals surface area contributed by atoms with Gasteiger partial charge in [0.05, 0.1) is 7.11 Å². The molecule has 1 rings (SSSR count). The third-order valence-corrected chi connectivity index (χ3v) is 4.22. The van der Waals surface area contributed by atoms with E-state index in [1.807, 2.05) is 0 Å². The molecule has 1 aliphatic rings. The summed E-state index contributed by atoms with van der Waals surface area (Å²) in [5, 5.41) is 3.32. The normalized spacial score (nSPS) is 23.0. The van der Waals surface area contributed by atoms with E-state index in [0.29, 0.717) is 6.04 Å². The minimum Gasteiger partial charge on any atom is -0.468 e. The van der Waals surface area contributed by atoms with Crippen LogP contribution in [0.25, 0.3) is 0 Å². The Bertz CT molecular complexity index is 310. The van der Waals surface area contributed by atoms with Crippen LogP contribution in [0.4, 0.5) is 0 Å². The van der Waals surface area contributed by atoms with Gasteiger partial charge in [0.15, 0.2) is 0 Å². The van der Waals surface area contributed by atoms with Crippen LogP contribution in [-0.4, -0.2) is 74.2 Å². The lowest BCUT2D eigenvalue weighted by atomic mass is 10.1. The van der Waals surface area contributed by atoms with E-state index in [9.17, 15) is 4.79 Å². The molecule has 1 N–H and O–H groups in total. The molecule has 2 atom stereocenters. The topological polar surface area (TPSA) is 44.8 Å². The lowest BCUT2D eigenvalue weighted by Crippen LogP contribution is -2.46. The van der Waals surface area contributed by atoms with Crippen LogP contribution in [0.15, 0.2) is 0 Å². The summed E-state index contributed by atoms with van der Waals surface area (Å²) in [6, 6.07) is 0.676. The maximum absolute atomic E-state index is 11.9. The number of rotatable bonds is 7. The predicted molar refractivity (Wildman–Crippen MR) is 86.5 cm³/mol. The van der Waals surface area contributed by atoms with Gasteiger partial charge in [0.2, 0.25) is 0 Å². The fraction of sp³-hybridized carbons (Fsp3) is 0.938. The van der Waals surface area contributed by atoms with Gasteiger partial charge < -0.3 is 15.0 Å². The maximum atomic E-state index is 11.9. The van der Waals surface area contributed by atoms with Crippen molar-refractivity contribution in [2.24, 2.45) is 0 Å². The molecular formula is C16H33N3O2. The standard InChI is InChI=1S/C16H33N3O2/c1-6-14-12-18(4)9-7-10-19(14)11-8-15(16(20)21-5)17-13(2)3/h13-15,17H,6-12H2,1-5H3. The minimum absolute atomic E-state index is 0.149. The van der Waals surface area contributed by atoms with Crippen molar-refractivity contribution in [3.05, 3.63) is 0 Å². The van der Waals surface area contributed by atoms with Crippen molar-refractivity contribution in [3.8, 4) is 0 Å². The van der Waals surface area contributed by atoms with Crippen LogP contribution in [-0.2, 0) is 9.53 Å². The molecule has 5 nitrogen and oxygen atoms in total. The number of ether oxygens (including phenoxy) is 1. The number of likely N-dealkylation sites (N-methyl/N-ethyl adjacent to an activating group) is 1. The molecular weight excluding hydrogens is 266 g/mol. The molecule has 0 spiro atoms. The Balaban J connectivity index is 2.57. The van der Waals surface area contributed by atoms with Crippen molar-refractivity contribution in [2.75, 3.05) is 40.3 Å². The largest absolute Gasteiger partial charge is 0.468 e. The van der Waals surface area contributed by atoms with E-state index in [2.05, 4.69) is 42.9 Å². The van der Waals surface area contributed by atoms with Crippen molar-refractivity contribution in [1.29, 1.82) is 0 Å². The van der Waals surface area contributed by atoms with E-state index in [0.717, 1.165) is 39.0 Å². The molecule has 0 bridgehead atoms. The fourth-order valence-electron chi connectivity index (χ4n) is 3.08. The highest BCUT2D eigenvalue weighted by molar-refractivity contribution is 5.75. The van der Waals surface area contributed by atoms with Crippen molar-refractivity contribution >= 4 is 5.97 Å². The Kier molecular flexibility index (Phi) is 8.22. The summed E-state index contributed by atoms with van der Waals surface area (Å²) in [4.78, 5) is 16.8. The lowest BCUT2D eigenvalue weighted by Gasteiger charge is -2.31. The molecule has 1 fully saturated rings. The SMILES string of the molecule is CCC1CN(C)CCCN1CCC(NC(C)C)C(=O)OC. The Labute approximate surface area is 130 Å². The minimum atomic E-state index is -0.200. The maximum Gasteiger partial charge on any atom is 0.322 e. The van der Waals surface area contributed by atoms with Crippen molar-refractivity contribution in [1.82, 2.24) is 15.1 Å². The molecule has 0 aromatic carbocycles. The van der Waals surface area contributed by atoms with Crippen LogP contribution in [0.2, 0.25) is 0 Å². The molecule has 124 valence electrons. The Morgan fingerprint density at radius 1 is 1.38 bits per heavy atom. The molecule has 0 aliphatic carbocycles. The zero-order valence-corrected chi connectivity index (χ0v) is 14.4. The number of esters is 1. The van der Waals surface area contributed by atoms with E-state index < -0.39 is 0 Å². The first-order valence-electron chi connectivity index (χ1n) is 8.24. The number of carbonyl (C=O) groups is 1. The highest BCUT2D eigenvalue weighted by atomic mass is 16.5. The van der Waals surface area contributed by atoms with Gasteiger partial charge in [-0.05, 0) is 39.4 Å². The number of carbonyl (C=O) groups excluding carboxylic acids is 1. The molecule has 0 aromatic rings. The second kappa shape index (κ2) is 9.38. The van der Waals surface area contributed by atoms with Crippen LogP contribution < -0.4 is 5.32 Å². The predicted octanol–water partition coefficient (Wildman–Crippen LogP) is 1.33. The average molecular weight is 299 g/mol. The van der Waals surface area contributed by atoms with E-state index in [1.54, 1.807) is 0 Å². The highest BCUT2D eigenvalue weighted by Crippen LogP contribution is 2.13. The molecule has 0 aromatic heterocycles. The molecule has 0 amide bonds. The number of hydrogen-bond acceptors (Lipinski definition) is 5. The van der Waals surface area contributed by atoms with E-state index in [4.69, 9.17) is 4.74 Å². The van der Waals surface area contributed by atoms with Gasteiger partial charge in [0, 0.05) is 25.2 Å². The first-order chi connectivity index (χ1) is 9.97. The lowest BCUT2D eigenvalue weighted by molar-refractivity contribution is -0.143. The van der Waals surface area contributed by atoms with Crippen LogP contribution in [0.3, 0.4) is 0 Å². The number of nitrogens with one attached hydrogen (secondary N) is 1. The van der Waals surface area contributed by atoms with Crippen LogP contribution in [0.1, 0.15) is 40.0 Å². The van der Waals surface area contributed by atoms with E-state index in [-0.39, 0.29) is 18.1 Å². The van der Waals surface area contributed by atoms with Gasteiger partial charge in [0.25, 0.3) is 0 Å². The Morgan fingerprint density at radius 2 is 2.10 bits per heavy atom. The Morgan fingerprint density at radius 3 is 2.67 bits per heavy atom. The van der Waals surface area contributed by atoms with Crippen molar-refractivity contribution < 1.29 is 9.53 Å². The Hall–Kier alpha value is -0.650. The molecule has 0 saturated carbocycles. The molecule has 1 heterocycles. The first-order valence-corrected chi connectivity index (χ1v) is 8.24. The van der Waals surface area contributed by atoms with Gasteiger partial charge in [-0.1, -0.05) is 20.8 Å². The van der Waals surface area contributed by atoms with Gasteiger partial charge in [-0.15, -0.1) is 0 Å². The second-order valence-electron chi connectivity index (χ2n) is 6.40. The summed E-state index contributed by atoms with van der Waals surface area (Å²) in [5.74, 6) is -0.149. The summed E-state index contributed by atoms with van der Waals surface area (Å²) in [6.07, 6.45) is 3.17. The number of nitrogens with zero attached hydrogens (tertiary/aromatic N) is 2. The van der Waals surface area contributed by atoms with Gasteiger partial charge in [0.1, 0.15) is 6.04 Å².